The largest absolute Gasteiger partial charge is 0.456 e. The van der Waals surface area contributed by atoms with Crippen LogP contribution in [0.4, 0.5) is 17.1 Å². The zero-order chi connectivity index (χ0) is 36.0. The van der Waals surface area contributed by atoms with Gasteiger partial charge in [-0.05, 0) is 105 Å². The van der Waals surface area contributed by atoms with Crippen LogP contribution in [0.1, 0.15) is 25.0 Å². The van der Waals surface area contributed by atoms with Crippen LogP contribution < -0.4 is 4.90 Å². The maximum atomic E-state index is 6.71. The van der Waals surface area contributed by atoms with Gasteiger partial charge in [0.25, 0.3) is 0 Å². The maximum Gasteiger partial charge on any atom is 0.137 e. The van der Waals surface area contributed by atoms with Gasteiger partial charge in [-0.15, -0.1) is 0 Å². The third-order valence-electron chi connectivity index (χ3n) is 11.5. The van der Waals surface area contributed by atoms with E-state index < -0.39 is 0 Å². The molecule has 0 N–H and O–H groups in total. The predicted molar refractivity (Wildman–Crippen MR) is 224 cm³/mol. The Morgan fingerprint density at radius 3 is 1.63 bits per heavy atom. The van der Waals surface area contributed by atoms with Crippen LogP contribution in [-0.2, 0) is 5.41 Å². The first-order valence-electron chi connectivity index (χ1n) is 18.6. The Labute approximate surface area is 313 Å². The normalized spacial score (nSPS) is 13.1. The molecule has 0 fully saturated rings. The molecule has 256 valence electrons. The van der Waals surface area contributed by atoms with E-state index in [0.717, 1.165) is 66.5 Å². The molecule has 2 heterocycles. The summed E-state index contributed by atoms with van der Waals surface area (Å²) in [5.41, 5.74) is 16.6. The summed E-state index contributed by atoms with van der Waals surface area (Å²) in [6.45, 7) is 4.67. The fourth-order valence-corrected chi connectivity index (χ4v) is 8.70. The minimum absolute atomic E-state index is 0.115. The summed E-state index contributed by atoms with van der Waals surface area (Å²) in [5.74, 6) is 0. The second-order valence-electron chi connectivity index (χ2n) is 15.0. The number of hydrogen-bond donors (Lipinski definition) is 0. The molecule has 1 aliphatic carbocycles. The molecule has 2 aromatic heterocycles. The Balaban J connectivity index is 1.05. The van der Waals surface area contributed by atoms with E-state index in [1.54, 1.807) is 0 Å². The van der Waals surface area contributed by atoms with E-state index in [9.17, 15) is 0 Å². The second-order valence-corrected chi connectivity index (χ2v) is 15.0. The van der Waals surface area contributed by atoms with Crippen molar-refractivity contribution in [1.29, 1.82) is 0 Å². The number of fused-ring (bicyclic) bond motifs is 9. The van der Waals surface area contributed by atoms with Crippen molar-refractivity contribution in [3.8, 4) is 33.4 Å². The standard InChI is InChI=1S/C51H35NO2/c1-51(2)45-16-10-9-15-39(45)40-24-22-37(28-46(40)51)52(36-20-17-34(18-21-36)32-11-5-3-6-12-32)38-23-25-41-43-30-50-44(31-49(43)54-48(41)29-38)42-27-35(19-26-47(42)53-50)33-13-7-4-8-14-33/h3-31H,1-2H3. The first kappa shape index (κ1) is 30.8. The van der Waals surface area contributed by atoms with E-state index in [1.165, 1.54) is 38.9 Å². The minimum atomic E-state index is -0.115. The fraction of sp³-hybridized carbons (Fsp3) is 0.0588. The van der Waals surface area contributed by atoms with Crippen molar-refractivity contribution in [1.82, 2.24) is 0 Å². The Morgan fingerprint density at radius 1 is 0.352 bits per heavy atom. The number of anilines is 3. The van der Waals surface area contributed by atoms with Gasteiger partial charge in [-0.1, -0.05) is 123 Å². The topological polar surface area (TPSA) is 29.5 Å². The SMILES string of the molecule is CC1(C)c2ccccc2-c2ccc(N(c3ccc(-c4ccccc4)cc3)c3ccc4c(c3)oc3cc5c(cc34)oc3ccc(-c4ccccc4)cc35)cc21. The molecule has 3 heteroatoms. The van der Waals surface area contributed by atoms with Crippen molar-refractivity contribution in [3.05, 3.63) is 187 Å². The number of benzene rings is 8. The smallest absolute Gasteiger partial charge is 0.137 e. The van der Waals surface area contributed by atoms with Crippen LogP contribution in [0.25, 0.3) is 77.3 Å². The number of rotatable bonds is 5. The summed E-state index contributed by atoms with van der Waals surface area (Å²) in [4.78, 5) is 2.35. The minimum Gasteiger partial charge on any atom is -0.456 e. The average molecular weight is 694 g/mol. The summed E-state index contributed by atoms with van der Waals surface area (Å²) >= 11 is 0. The molecule has 0 saturated heterocycles. The maximum absolute atomic E-state index is 6.71. The Kier molecular flexibility index (Phi) is 6.60. The van der Waals surface area contributed by atoms with E-state index in [-0.39, 0.29) is 5.41 Å². The van der Waals surface area contributed by atoms with Crippen LogP contribution in [-0.4, -0.2) is 0 Å². The van der Waals surface area contributed by atoms with Crippen LogP contribution in [0.2, 0.25) is 0 Å². The molecule has 0 saturated carbocycles. The van der Waals surface area contributed by atoms with Crippen LogP contribution in [0.15, 0.2) is 185 Å². The first-order chi connectivity index (χ1) is 26.5. The van der Waals surface area contributed by atoms with Gasteiger partial charge in [0.1, 0.15) is 22.3 Å². The Morgan fingerprint density at radius 2 is 0.870 bits per heavy atom. The average Bonchev–Trinajstić information content (AvgIpc) is 3.84. The molecule has 3 nitrogen and oxygen atoms in total. The zero-order valence-electron chi connectivity index (χ0n) is 30.0. The lowest BCUT2D eigenvalue weighted by Gasteiger charge is -2.28. The lowest BCUT2D eigenvalue weighted by Crippen LogP contribution is -2.16. The molecule has 11 rings (SSSR count). The highest BCUT2D eigenvalue weighted by molar-refractivity contribution is 6.15. The molecule has 54 heavy (non-hydrogen) atoms. The molecule has 0 atom stereocenters. The molecule has 0 spiro atoms. The van der Waals surface area contributed by atoms with Crippen LogP contribution >= 0.6 is 0 Å². The lowest BCUT2D eigenvalue weighted by atomic mass is 9.82. The summed E-state index contributed by atoms with van der Waals surface area (Å²) in [6.07, 6.45) is 0. The van der Waals surface area contributed by atoms with Gasteiger partial charge in [0, 0.05) is 50.1 Å². The quantitative estimate of drug-likeness (QED) is 0.180. The van der Waals surface area contributed by atoms with Gasteiger partial charge < -0.3 is 13.7 Å². The van der Waals surface area contributed by atoms with E-state index in [4.69, 9.17) is 8.83 Å². The highest BCUT2D eigenvalue weighted by Crippen LogP contribution is 2.51. The molecule has 0 radical (unpaired) electrons. The molecule has 1 aliphatic rings. The van der Waals surface area contributed by atoms with Crippen molar-refractivity contribution in [2.45, 2.75) is 19.3 Å². The highest BCUT2D eigenvalue weighted by atomic mass is 16.3. The van der Waals surface area contributed by atoms with E-state index >= 15 is 0 Å². The van der Waals surface area contributed by atoms with Crippen LogP contribution in [0.5, 0.6) is 0 Å². The van der Waals surface area contributed by atoms with Gasteiger partial charge in [-0.3, -0.25) is 0 Å². The second kappa shape index (κ2) is 11.6. The summed E-state index contributed by atoms with van der Waals surface area (Å²) in [7, 11) is 0. The lowest BCUT2D eigenvalue weighted by molar-refractivity contribution is 0.660. The van der Waals surface area contributed by atoms with Gasteiger partial charge >= 0.3 is 0 Å². The molecule has 8 aromatic carbocycles. The van der Waals surface area contributed by atoms with Crippen molar-refractivity contribution in [3.63, 3.8) is 0 Å². The Bertz CT molecular complexity index is 3060. The molecular weight excluding hydrogens is 659 g/mol. The van der Waals surface area contributed by atoms with Gasteiger partial charge in [-0.25, -0.2) is 0 Å². The molecular formula is C51H35NO2. The van der Waals surface area contributed by atoms with Gasteiger partial charge in [0.15, 0.2) is 0 Å². The zero-order valence-corrected chi connectivity index (χ0v) is 30.0. The van der Waals surface area contributed by atoms with Gasteiger partial charge in [0.2, 0.25) is 0 Å². The van der Waals surface area contributed by atoms with Crippen molar-refractivity contribution in [2.75, 3.05) is 4.90 Å². The summed E-state index contributed by atoms with van der Waals surface area (Å²) in [5, 5.41) is 4.24. The van der Waals surface area contributed by atoms with Gasteiger partial charge in [-0.2, -0.15) is 0 Å². The van der Waals surface area contributed by atoms with E-state index in [2.05, 4.69) is 189 Å². The van der Waals surface area contributed by atoms with Gasteiger partial charge in [0.05, 0.1) is 0 Å². The van der Waals surface area contributed by atoms with Crippen LogP contribution in [0.3, 0.4) is 0 Å². The summed E-state index contributed by atoms with van der Waals surface area (Å²) < 4.78 is 13.1. The molecule has 0 amide bonds. The van der Waals surface area contributed by atoms with Crippen LogP contribution in [0, 0.1) is 0 Å². The Hall–Kier alpha value is -6.84. The van der Waals surface area contributed by atoms with Crippen molar-refractivity contribution in [2.24, 2.45) is 0 Å². The highest BCUT2D eigenvalue weighted by Gasteiger charge is 2.35. The third kappa shape index (κ3) is 4.68. The molecule has 10 aromatic rings. The third-order valence-corrected chi connectivity index (χ3v) is 11.5. The monoisotopic (exact) mass is 693 g/mol. The molecule has 0 aliphatic heterocycles. The number of nitrogens with zero attached hydrogens (tertiary/aromatic N) is 1. The summed E-state index contributed by atoms with van der Waals surface area (Å²) in [6, 6.07) is 62.9. The van der Waals surface area contributed by atoms with Crippen molar-refractivity contribution < 1.29 is 8.83 Å². The molecule has 0 unspecified atom stereocenters. The molecule has 0 bridgehead atoms. The number of furan rings is 2. The first-order valence-corrected chi connectivity index (χ1v) is 18.6. The number of hydrogen-bond acceptors (Lipinski definition) is 3. The van der Waals surface area contributed by atoms with E-state index in [0.29, 0.717) is 0 Å². The van der Waals surface area contributed by atoms with E-state index in [1.807, 2.05) is 6.07 Å². The van der Waals surface area contributed by atoms with Crippen molar-refractivity contribution >= 4 is 60.9 Å². The predicted octanol–water partition coefficient (Wildman–Crippen LogP) is 14.6. The fourth-order valence-electron chi connectivity index (χ4n) is 8.70.